The van der Waals surface area contributed by atoms with Crippen molar-refractivity contribution < 1.29 is 31.5 Å². The average Bonchev–Trinajstić information content (AvgIpc) is 3.13. The molecule has 0 aliphatic heterocycles. The Morgan fingerprint density at radius 3 is 1.97 bits per heavy atom. The van der Waals surface area contributed by atoms with Crippen molar-refractivity contribution in [1.82, 2.24) is 9.78 Å². The van der Waals surface area contributed by atoms with Crippen LogP contribution < -0.4 is 4.74 Å². The second kappa shape index (κ2) is 10.1. The summed E-state index contributed by atoms with van der Waals surface area (Å²) in [6.45, 7) is 5.23. The van der Waals surface area contributed by atoms with Gasteiger partial charge < -0.3 is 4.74 Å². The number of carbonyl (C=O) groups is 1. The molecular formula is C26H19F5N2O2S. The van der Waals surface area contributed by atoms with E-state index in [1.54, 1.807) is 30.3 Å². The maximum Gasteiger partial charge on any atom is 0.317 e. The Morgan fingerprint density at radius 1 is 0.833 bits per heavy atom. The first-order chi connectivity index (χ1) is 17.1. The summed E-state index contributed by atoms with van der Waals surface area (Å²) >= 11 is 0.243. The molecule has 1 aromatic heterocycles. The Hall–Kier alpha value is -3.66. The molecule has 186 valence electrons. The van der Waals surface area contributed by atoms with E-state index in [0.717, 1.165) is 11.1 Å². The predicted octanol–water partition coefficient (Wildman–Crippen LogP) is 6.79. The van der Waals surface area contributed by atoms with Crippen LogP contribution in [-0.2, 0) is 11.2 Å². The van der Waals surface area contributed by atoms with Crippen molar-refractivity contribution in [3.63, 3.8) is 0 Å². The summed E-state index contributed by atoms with van der Waals surface area (Å²) in [6.07, 6.45) is -0.117. The minimum Gasteiger partial charge on any atom is -0.406 e. The molecule has 3 aromatic carbocycles. The third kappa shape index (κ3) is 4.99. The van der Waals surface area contributed by atoms with E-state index in [4.69, 9.17) is 4.74 Å². The van der Waals surface area contributed by atoms with Crippen LogP contribution in [0.1, 0.15) is 22.4 Å². The lowest BCUT2D eigenvalue weighted by atomic mass is 10.1. The number of ether oxygens (including phenoxy) is 1. The summed E-state index contributed by atoms with van der Waals surface area (Å²) in [5.41, 5.74) is 3.20. The Bertz CT molecular complexity index is 1420. The van der Waals surface area contributed by atoms with Gasteiger partial charge in [-0.2, -0.15) is 9.78 Å². The maximum absolute atomic E-state index is 14.4. The van der Waals surface area contributed by atoms with Gasteiger partial charge in [-0.1, -0.05) is 59.3 Å². The molecule has 0 saturated heterocycles. The van der Waals surface area contributed by atoms with E-state index < -0.39 is 40.0 Å². The number of aromatic nitrogens is 2. The molecule has 0 aliphatic rings. The molecule has 4 aromatic rings. The number of hydrogen-bond donors (Lipinski definition) is 0. The number of aryl methyl sites for hydroxylation is 3. The molecule has 0 fully saturated rings. The lowest BCUT2D eigenvalue weighted by Gasteiger charge is -2.12. The van der Waals surface area contributed by atoms with Crippen LogP contribution in [0.15, 0.2) is 58.3 Å². The Kier molecular flexibility index (Phi) is 7.16. The van der Waals surface area contributed by atoms with Crippen molar-refractivity contribution in [1.29, 1.82) is 0 Å². The fourth-order valence-corrected chi connectivity index (χ4v) is 4.67. The van der Waals surface area contributed by atoms with Crippen molar-refractivity contribution in [2.75, 3.05) is 0 Å². The van der Waals surface area contributed by atoms with Gasteiger partial charge in [-0.05, 0) is 38.5 Å². The van der Waals surface area contributed by atoms with Crippen LogP contribution in [0.4, 0.5) is 22.0 Å². The molecule has 0 unspecified atom stereocenters. The van der Waals surface area contributed by atoms with Crippen LogP contribution in [0.2, 0.25) is 0 Å². The first-order valence-electron chi connectivity index (χ1n) is 10.7. The summed E-state index contributed by atoms with van der Waals surface area (Å²) < 4.78 is 76.9. The molecular weight excluding hydrogens is 499 g/mol. The zero-order chi connectivity index (χ0) is 26.1. The van der Waals surface area contributed by atoms with Gasteiger partial charge in [0.25, 0.3) is 0 Å². The van der Waals surface area contributed by atoms with E-state index >= 15 is 0 Å². The summed E-state index contributed by atoms with van der Waals surface area (Å²) in [5.74, 6) is -11.3. The second-order valence-electron chi connectivity index (χ2n) is 8.11. The predicted molar refractivity (Wildman–Crippen MR) is 124 cm³/mol. The Balaban J connectivity index is 1.78. The van der Waals surface area contributed by atoms with Gasteiger partial charge >= 0.3 is 5.97 Å². The molecule has 0 aliphatic carbocycles. The van der Waals surface area contributed by atoms with Gasteiger partial charge in [0.15, 0.2) is 23.3 Å². The van der Waals surface area contributed by atoms with E-state index in [1.165, 1.54) is 11.6 Å². The number of rotatable bonds is 6. The average molecular weight is 519 g/mol. The summed E-state index contributed by atoms with van der Waals surface area (Å²) in [5, 5.41) is 4.30. The zero-order valence-corrected chi connectivity index (χ0v) is 20.2. The molecule has 10 heteroatoms. The number of benzene rings is 3. The number of nitrogens with zero attached hydrogens (tertiary/aromatic N) is 2. The fraction of sp³-hybridized carbons (Fsp3) is 0.154. The molecule has 0 amide bonds. The molecule has 4 rings (SSSR count). The van der Waals surface area contributed by atoms with Gasteiger partial charge in [0, 0.05) is 0 Å². The van der Waals surface area contributed by atoms with E-state index in [0.29, 0.717) is 11.3 Å². The first kappa shape index (κ1) is 25.4. The first-order valence-corrected chi connectivity index (χ1v) is 11.5. The number of halogens is 5. The topological polar surface area (TPSA) is 44.1 Å². The SMILES string of the molecule is Cc1cc(C)cc(CC(=O)Oc2c(Sc3c(F)c(F)c(F)c(F)c3F)c(C)nn2-c2ccccc2)c1. The van der Waals surface area contributed by atoms with E-state index in [2.05, 4.69) is 5.10 Å². The van der Waals surface area contributed by atoms with Crippen LogP contribution in [0, 0.1) is 49.9 Å². The van der Waals surface area contributed by atoms with Crippen LogP contribution in [0.25, 0.3) is 5.69 Å². The molecule has 0 radical (unpaired) electrons. The van der Waals surface area contributed by atoms with Gasteiger partial charge in [0.1, 0.15) is 0 Å². The maximum atomic E-state index is 14.4. The van der Waals surface area contributed by atoms with Gasteiger partial charge in [-0.25, -0.2) is 22.0 Å². The zero-order valence-electron chi connectivity index (χ0n) is 19.3. The number of hydrogen-bond acceptors (Lipinski definition) is 4. The standard InChI is InChI=1S/C26H19F5N2O2S/c1-13-9-14(2)11-16(10-13)12-18(34)35-26-24(15(3)32-33(26)17-7-5-4-6-8-17)36-25-22(30)20(28)19(27)21(29)23(25)31/h4-11H,12H2,1-3H3. The molecule has 0 atom stereocenters. The summed E-state index contributed by atoms with van der Waals surface area (Å²) in [7, 11) is 0. The number of esters is 1. The lowest BCUT2D eigenvalue weighted by Crippen LogP contribution is -2.14. The van der Waals surface area contributed by atoms with Crippen molar-refractivity contribution in [2.45, 2.75) is 37.0 Å². The quantitative estimate of drug-likeness (QED) is 0.122. The van der Waals surface area contributed by atoms with E-state index in [1.807, 2.05) is 32.0 Å². The van der Waals surface area contributed by atoms with E-state index in [-0.39, 0.29) is 34.7 Å². The molecule has 0 spiro atoms. The van der Waals surface area contributed by atoms with Crippen LogP contribution in [-0.4, -0.2) is 15.7 Å². The molecule has 0 saturated carbocycles. The third-order valence-electron chi connectivity index (χ3n) is 5.18. The normalized spacial score (nSPS) is 11.1. The highest BCUT2D eigenvalue weighted by molar-refractivity contribution is 7.99. The number of para-hydroxylation sites is 1. The van der Waals surface area contributed by atoms with Gasteiger partial charge in [0.2, 0.25) is 11.7 Å². The lowest BCUT2D eigenvalue weighted by molar-refractivity contribution is -0.134. The van der Waals surface area contributed by atoms with Crippen molar-refractivity contribution in [3.8, 4) is 11.6 Å². The largest absolute Gasteiger partial charge is 0.406 e. The number of carbonyl (C=O) groups excluding carboxylic acids is 1. The van der Waals surface area contributed by atoms with Gasteiger partial charge in [0.05, 0.1) is 27.6 Å². The van der Waals surface area contributed by atoms with Crippen LogP contribution >= 0.6 is 11.8 Å². The van der Waals surface area contributed by atoms with Crippen molar-refractivity contribution in [2.24, 2.45) is 0 Å². The van der Waals surface area contributed by atoms with E-state index in [9.17, 15) is 26.7 Å². The molecule has 1 heterocycles. The minimum atomic E-state index is -2.26. The highest BCUT2D eigenvalue weighted by Gasteiger charge is 2.30. The minimum absolute atomic E-state index is 0.0733. The van der Waals surface area contributed by atoms with Crippen LogP contribution in [0.3, 0.4) is 0 Å². The highest BCUT2D eigenvalue weighted by Crippen LogP contribution is 2.42. The van der Waals surface area contributed by atoms with Crippen molar-refractivity contribution in [3.05, 3.63) is 100 Å². The second-order valence-corrected chi connectivity index (χ2v) is 9.14. The monoisotopic (exact) mass is 518 g/mol. The Labute approximate surface area is 207 Å². The highest BCUT2D eigenvalue weighted by atomic mass is 32.2. The molecule has 0 bridgehead atoms. The van der Waals surface area contributed by atoms with Crippen LogP contribution in [0.5, 0.6) is 5.88 Å². The fourth-order valence-electron chi connectivity index (χ4n) is 3.70. The van der Waals surface area contributed by atoms with Crippen molar-refractivity contribution >= 4 is 17.7 Å². The molecule has 0 N–H and O–H groups in total. The van der Waals surface area contributed by atoms with Gasteiger partial charge in [-0.15, -0.1) is 0 Å². The molecule has 4 nitrogen and oxygen atoms in total. The smallest absolute Gasteiger partial charge is 0.317 e. The Morgan fingerprint density at radius 2 is 1.39 bits per heavy atom. The third-order valence-corrected chi connectivity index (χ3v) is 6.42. The summed E-state index contributed by atoms with van der Waals surface area (Å²) in [6, 6.07) is 14.0. The molecule has 36 heavy (non-hydrogen) atoms. The summed E-state index contributed by atoms with van der Waals surface area (Å²) in [4.78, 5) is 11.7. The van der Waals surface area contributed by atoms with Gasteiger partial charge in [-0.3, -0.25) is 4.79 Å².